The van der Waals surface area contributed by atoms with Crippen molar-refractivity contribution in [2.75, 3.05) is 26.7 Å². The molecule has 0 aromatic heterocycles. The summed E-state index contributed by atoms with van der Waals surface area (Å²) in [6.07, 6.45) is 5.50. The third-order valence-electron chi connectivity index (χ3n) is 6.86. The van der Waals surface area contributed by atoms with E-state index in [9.17, 15) is 4.79 Å². The van der Waals surface area contributed by atoms with Gasteiger partial charge in [0.05, 0.1) is 5.60 Å². The fourth-order valence-electron chi connectivity index (χ4n) is 4.94. The molecule has 2 fully saturated rings. The van der Waals surface area contributed by atoms with E-state index in [1.54, 1.807) is 0 Å². The Balaban J connectivity index is 1.27. The Morgan fingerprint density at radius 2 is 1.67 bits per heavy atom. The summed E-state index contributed by atoms with van der Waals surface area (Å²) < 4.78 is 6.33. The van der Waals surface area contributed by atoms with Crippen LogP contribution < -0.4 is 0 Å². The number of ether oxygens (including phenoxy) is 1. The molecule has 2 aliphatic heterocycles. The number of rotatable bonds is 6. The highest BCUT2D eigenvalue weighted by Gasteiger charge is 2.41. The van der Waals surface area contributed by atoms with E-state index in [-0.39, 0.29) is 11.5 Å². The fraction of sp³-hybridized carbons (Fsp3) is 0.500. The van der Waals surface area contributed by atoms with Crippen LogP contribution in [0.1, 0.15) is 43.2 Å². The van der Waals surface area contributed by atoms with Crippen LogP contribution in [0.2, 0.25) is 0 Å². The van der Waals surface area contributed by atoms with Crippen LogP contribution in [0, 0.1) is 0 Å². The van der Waals surface area contributed by atoms with Crippen LogP contribution in [-0.2, 0) is 22.5 Å². The number of piperidine rings is 1. The van der Waals surface area contributed by atoms with Gasteiger partial charge >= 0.3 is 0 Å². The second-order valence-electron chi connectivity index (χ2n) is 8.95. The maximum atomic E-state index is 12.7. The normalized spacial score (nSPS) is 21.1. The predicted octanol–water partition coefficient (Wildman–Crippen LogP) is 4.29. The van der Waals surface area contributed by atoms with Crippen LogP contribution in [0.25, 0.3) is 0 Å². The zero-order chi connectivity index (χ0) is 20.8. The summed E-state index contributed by atoms with van der Waals surface area (Å²) in [5, 5.41) is 0. The van der Waals surface area contributed by atoms with E-state index in [4.69, 9.17) is 4.74 Å². The van der Waals surface area contributed by atoms with Crippen LogP contribution in [0.4, 0.5) is 0 Å². The van der Waals surface area contributed by atoms with E-state index >= 15 is 0 Å². The van der Waals surface area contributed by atoms with E-state index < -0.39 is 0 Å². The Morgan fingerprint density at radius 1 is 1.03 bits per heavy atom. The van der Waals surface area contributed by atoms with Gasteiger partial charge < -0.3 is 9.64 Å². The number of aryl methyl sites for hydroxylation is 1. The lowest BCUT2D eigenvalue weighted by atomic mass is 9.81. The van der Waals surface area contributed by atoms with E-state index in [0.29, 0.717) is 12.5 Å². The molecule has 2 aromatic carbocycles. The summed E-state index contributed by atoms with van der Waals surface area (Å²) in [6, 6.07) is 21.5. The van der Waals surface area contributed by atoms with Crippen LogP contribution in [0.5, 0.6) is 0 Å². The van der Waals surface area contributed by atoms with Crippen molar-refractivity contribution in [3.63, 3.8) is 0 Å². The standard InChI is InChI=1S/C26H34N2O2/c1-27(21-23-10-6-3-7-11-23)24-14-19-30-26(20-24)15-17-28(18-16-26)25(29)13-12-22-8-4-2-5-9-22/h2-11,24H,12-21H2,1H3. The number of hydrogen-bond acceptors (Lipinski definition) is 3. The van der Waals surface area contributed by atoms with Gasteiger partial charge in [-0.15, -0.1) is 0 Å². The van der Waals surface area contributed by atoms with Crippen molar-refractivity contribution in [2.24, 2.45) is 0 Å². The van der Waals surface area contributed by atoms with Gasteiger partial charge in [0.15, 0.2) is 0 Å². The minimum Gasteiger partial charge on any atom is -0.375 e. The molecule has 2 aromatic rings. The van der Waals surface area contributed by atoms with Gasteiger partial charge in [0.2, 0.25) is 5.91 Å². The molecule has 160 valence electrons. The topological polar surface area (TPSA) is 32.8 Å². The minimum absolute atomic E-state index is 0.0515. The van der Waals surface area contributed by atoms with Crippen molar-refractivity contribution >= 4 is 5.91 Å². The van der Waals surface area contributed by atoms with Gasteiger partial charge in [0.25, 0.3) is 0 Å². The Hall–Kier alpha value is -2.17. The Kier molecular flexibility index (Phi) is 6.86. The number of amides is 1. The number of nitrogens with zero attached hydrogens (tertiary/aromatic N) is 2. The van der Waals surface area contributed by atoms with Gasteiger partial charge in [-0.1, -0.05) is 60.7 Å². The monoisotopic (exact) mass is 406 g/mol. The number of likely N-dealkylation sites (tertiary alicyclic amines) is 1. The quantitative estimate of drug-likeness (QED) is 0.717. The first kappa shape index (κ1) is 21.1. The average Bonchev–Trinajstić information content (AvgIpc) is 2.79. The molecule has 1 spiro atoms. The Morgan fingerprint density at radius 3 is 2.33 bits per heavy atom. The zero-order valence-electron chi connectivity index (χ0n) is 18.1. The summed E-state index contributed by atoms with van der Waals surface area (Å²) in [6.45, 7) is 3.45. The Bertz CT molecular complexity index is 800. The second-order valence-corrected chi connectivity index (χ2v) is 8.95. The maximum absolute atomic E-state index is 12.7. The lowest BCUT2D eigenvalue weighted by Crippen LogP contribution is -2.54. The highest BCUT2D eigenvalue weighted by molar-refractivity contribution is 5.76. The predicted molar refractivity (Wildman–Crippen MR) is 120 cm³/mol. The van der Waals surface area contributed by atoms with Gasteiger partial charge in [0.1, 0.15) is 0 Å². The molecule has 1 unspecified atom stereocenters. The van der Waals surface area contributed by atoms with Crippen molar-refractivity contribution in [3.05, 3.63) is 71.8 Å². The molecule has 0 radical (unpaired) electrons. The van der Waals surface area contributed by atoms with Gasteiger partial charge in [-0.2, -0.15) is 0 Å². The number of carbonyl (C=O) groups is 1. The number of carbonyl (C=O) groups excluding carboxylic acids is 1. The van der Waals surface area contributed by atoms with Crippen LogP contribution in [0.3, 0.4) is 0 Å². The largest absolute Gasteiger partial charge is 0.375 e. The molecule has 0 N–H and O–H groups in total. The van der Waals surface area contributed by atoms with E-state index in [1.807, 2.05) is 18.2 Å². The number of benzene rings is 2. The molecule has 30 heavy (non-hydrogen) atoms. The lowest BCUT2D eigenvalue weighted by Gasteiger charge is -2.48. The summed E-state index contributed by atoms with van der Waals surface area (Å²) in [5.41, 5.74) is 2.54. The molecular formula is C26H34N2O2. The molecule has 0 bridgehead atoms. The molecule has 1 atom stereocenters. The van der Waals surface area contributed by atoms with Crippen molar-refractivity contribution in [3.8, 4) is 0 Å². The van der Waals surface area contributed by atoms with Crippen molar-refractivity contribution in [2.45, 2.75) is 56.7 Å². The molecule has 2 aliphatic rings. The smallest absolute Gasteiger partial charge is 0.222 e. The summed E-state index contributed by atoms with van der Waals surface area (Å²) in [7, 11) is 2.24. The fourth-order valence-corrected chi connectivity index (χ4v) is 4.94. The van der Waals surface area contributed by atoms with E-state index in [1.165, 1.54) is 11.1 Å². The summed E-state index contributed by atoms with van der Waals surface area (Å²) in [4.78, 5) is 17.2. The van der Waals surface area contributed by atoms with Crippen molar-refractivity contribution in [1.29, 1.82) is 0 Å². The second kappa shape index (κ2) is 9.76. The zero-order valence-corrected chi connectivity index (χ0v) is 18.1. The lowest BCUT2D eigenvalue weighted by molar-refractivity contribution is -0.148. The summed E-state index contributed by atoms with van der Waals surface area (Å²) in [5.74, 6) is 0.280. The molecule has 0 aliphatic carbocycles. The average molecular weight is 407 g/mol. The van der Waals surface area contributed by atoms with Crippen LogP contribution in [0.15, 0.2) is 60.7 Å². The molecule has 0 saturated carbocycles. The van der Waals surface area contributed by atoms with E-state index in [2.05, 4.69) is 59.3 Å². The van der Waals surface area contributed by atoms with Crippen LogP contribution >= 0.6 is 0 Å². The van der Waals surface area contributed by atoms with Gasteiger partial charge in [-0.3, -0.25) is 9.69 Å². The first-order valence-corrected chi connectivity index (χ1v) is 11.3. The maximum Gasteiger partial charge on any atom is 0.222 e. The first-order chi connectivity index (χ1) is 14.6. The Labute approximate surface area is 180 Å². The van der Waals surface area contributed by atoms with Crippen molar-refractivity contribution < 1.29 is 9.53 Å². The molecule has 2 saturated heterocycles. The van der Waals surface area contributed by atoms with E-state index in [0.717, 1.165) is 58.3 Å². The third kappa shape index (κ3) is 5.30. The third-order valence-corrected chi connectivity index (χ3v) is 6.86. The highest BCUT2D eigenvalue weighted by atomic mass is 16.5. The van der Waals surface area contributed by atoms with Gasteiger partial charge in [-0.05, 0) is 50.3 Å². The SMILES string of the molecule is CN(Cc1ccccc1)C1CCOC2(CCN(C(=O)CCc3ccccc3)CC2)C1. The van der Waals surface area contributed by atoms with Crippen LogP contribution in [-0.4, -0.2) is 54.1 Å². The molecule has 4 nitrogen and oxygen atoms in total. The minimum atomic E-state index is -0.0515. The highest BCUT2D eigenvalue weighted by Crippen LogP contribution is 2.37. The molecule has 4 rings (SSSR count). The molecular weight excluding hydrogens is 372 g/mol. The molecule has 4 heteroatoms. The first-order valence-electron chi connectivity index (χ1n) is 11.3. The van der Waals surface area contributed by atoms with Gasteiger partial charge in [0, 0.05) is 38.7 Å². The van der Waals surface area contributed by atoms with Crippen molar-refractivity contribution in [1.82, 2.24) is 9.80 Å². The molecule has 1 amide bonds. The molecule has 2 heterocycles. The summed E-state index contributed by atoms with van der Waals surface area (Å²) >= 11 is 0. The number of hydrogen-bond donors (Lipinski definition) is 0. The van der Waals surface area contributed by atoms with Gasteiger partial charge in [-0.25, -0.2) is 0 Å².